The van der Waals surface area contributed by atoms with E-state index >= 15 is 0 Å². The minimum absolute atomic E-state index is 0.113. The summed E-state index contributed by atoms with van der Waals surface area (Å²) >= 11 is 5.93. The van der Waals surface area contributed by atoms with E-state index < -0.39 is 0 Å². The molecule has 0 fully saturated rings. The number of nitrogens with zero attached hydrogens (tertiary/aromatic N) is 5. The van der Waals surface area contributed by atoms with Gasteiger partial charge in [-0.15, -0.1) is 0 Å². The van der Waals surface area contributed by atoms with E-state index in [1.54, 1.807) is 0 Å². The van der Waals surface area contributed by atoms with Gasteiger partial charge in [-0.2, -0.15) is 10.2 Å². The SMILES string of the molecule is OCCn1ncc2c1CN(Cc1cnn(-c3ccc(Cl)cc3)c1)C2. The number of aliphatic hydroxyl groups excluding tert-OH is 1. The van der Waals surface area contributed by atoms with Crippen molar-refractivity contribution >= 4 is 11.6 Å². The van der Waals surface area contributed by atoms with Gasteiger partial charge in [0.25, 0.3) is 0 Å². The van der Waals surface area contributed by atoms with Gasteiger partial charge in [0.05, 0.1) is 36.9 Å². The summed E-state index contributed by atoms with van der Waals surface area (Å²) in [6, 6.07) is 7.63. The summed E-state index contributed by atoms with van der Waals surface area (Å²) in [4.78, 5) is 2.35. The molecular weight excluding hydrogens is 326 g/mol. The van der Waals surface area contributed by atoms with Crippen LogP contribution in [0.2, 0.25) is 5.02 Å². The van der Waals surface area contributed by atoms with Crippen molar-refractivity contribution in [3.63, 3.8) is 0 Å². The van der Waals surface area contributed by atoms with Crippen molar-refractivity contribution in [2.24, 2.45) is 0 Å². The highest BCUT2D eigenvalue weighted by Gasteiger charge is 2.23. The molecule has 3 heterocycles. The Morgan fingerprint density at radius 1 is 1.08 bits per heavy atom. The van der Waals surface area contributed by atoms with Gasteiger partial charge < -0.3 is 5.11 Å². The molecule has 0 aliphatic carbocycles. The predicted octanol–water partition coefficient (Wildman–Crippen LogP) is 2.23. The van der Waals surface area contributed by atoms with Gasteiger partial charge in [-0.1, -0.05) is 11.6 Å². The molecule has 2 aromatic heterocycles. The number of halogens is 1. The monoisotopic (exact) mass is 343 g/mol. The van der Waals surface area contributed by atoms with Crippen LogP contribution in [0.3, 0.4) is 0 Å². The minimum atomic E-state index is 0.113. The largest absolute Gasteiger partial charge is 0.394 e. The Hall–Kier alpha value is -2.15. The number of rotatable bonds is 5. The van der Waals surface area contributed by atoms with E-state index in [-0.39, 0.29) is 6.61 Å². The van der Waals surface area contributed by atoms with Gasteiger partial charge in [-0.3, -0.25) is 9.58 Å². The molecule has 24 heavy (non-hydrogen) atoms. The first-order chi connectivity index (χ1) is 11.7. The lowest BCUT2D eigenvalue weighted by Gasteiger charge is -2.14. The van der Waals surface area contributed by atoms with E-state index in [0.717, 1.165) is 35.9 Å². The molecule has 0 radical (unpaired) electrons. The van der Waals surface area contributed by atoms with Crippen molar-refractivity contribution in [2.45, 2.75) is 26.2 Å². The number of hydrogen-bond acceptors (Lipinski definition) is 4. The Morgan fingerprint density at radius 2 is 1.92 bits per heavy atom. The lowest BCUT2D eigenvalue weighted by atomic mass is 10.3. The van der Waals surface area contributed by atoms with E-state index in [2.05, 4.69) is 15.1 Å². The summed E-state index contributed by atoms with van der Waals surface area (Å²) in [5, 5.41) is 18.6. The normalized spacial score (nSPS) is 14.2. The quantitative estimate of drug-likeness (QED) is 0.771. The third-order valence-corrected chi connectivity index (χ3v) is 4.50. The predicted molar refractivity (Wildman–Crippen MR) is 90.8 cm³/mol. The average molecular weight is 344 g/mol. The van der Waals surface area contributed by atoms with Crippen molar-refractivity contribution in [1.82, 2.24) is 24.5 Å². The summed E-state index contributed by atoms with van der Waals surface area (Å²) < 4.78 is 3.76. The number of aliphatic hydroxyl groups is 1. The molecule has 6 nitrogen and oxygen atoms in total. The highest BCUT2D eigenvalue weighted by Crippen LogP contribution is 2.24. The maximum Gasteiger partial charge on any atom is 0.0646 e. The van der Waals surface area contributed by atoms with Crippen LogP contribution in [0.15, 0.2) is 42.9 Å². The lowest BCUT2D eigenvalue weighted by Crippen LogP contribution is -2.18. The maximum atomic E-state index is 9.10. The Morgan fingerprint density at radius 3 is 2.71 bits per heavy atom. The van der Waals surface area contributed by atoms with Gasteiger partial charge in [-0.05, 0) is 24.3 Å². The summed E-state index contributed by atoms with van der Waals surface area (Å²) in [5.74, 6) is 0. The van der Waals surface area contributed by atoms with Crippen molar-refractivity contribution in [2.75, 3.05) is 6.61 Å². The molecule has 1 aromatic carbocycles. The molecule has 4 rings (SSSR count). The van der Waals surface area contributed by atoms with Crippen LogP contribution in [0.1, 0.15) is 16.8 Å². The molecule has 0 saturated carbocycles. The molecule has 0 atom stereocenters. The zero-order valence-electron chi connectivity index (χ0n) is 13.1. The summed E-state index contributed by atoms with van der Waals surface area (Å²) in [6.07, 6.45) is 5.85. The van der Waals surface area contributed by atoms with Crippen LogP contribution in [0.5, 0.6) is 0 Å². The van der Waals surface area contributed by atoms with E-state index in [0.29, 0.717) is 6.54 Å². The Labute approximate surface area is 144 Å². The second kappa shape index (κ2) is 6.39. The lowest BCUT2D eigenvalue weighted by molar-refractivity contribution is 0.250. The summed E-state index contributed by atoms with van der Waals surface area (Å²) in [7, 11) is 0. The molecule has 0 spiro atoms. The van der Waals surface area contributed by atoms with Gasteiger partial charge >= 0.3 is 0 Å². The average Bonchev–Trinajstić information content (AvgIpc) is 3.27. The Balaban J connectivity index is 1.44. The fourth-order valence-corrected chi connectivity index (χ4v) is 3.23. The number of benzene rings is 1. The number of aromatic nitrogens is 4. The maximum absolute atomic E-state index is 9.10. The van der Waals surface area contributed by atoms with Gasteiger partial charge in [-0.25, -0.2) is 4.68 Å². The topological polar surface area (TPSA) is 59.1 Å². The second-order valence-corrected chi connectivity index (χ2v) is 6.41. The highest BCUT2D eigenvalue weighted by molar-refractivity contribution is 6.30. The van der Waals surface area contributed by atoms with Gasteiger partial charge in [0.15, 0.2) is 0 Å². The molecule has 7 heteroatoms. The first-order valence-corrected chi connectivity index (χ1v) is 8.27. The highest BCUT2D eigenvalue weighted by atomic mass is 35.5. The molecule has 124 valence electrons. The van der Waals surface area contributed by atoms with E-state index in [1.165, 1.54) is 11.3 Å². The zero-order valence-corrected chi connectivity index (χ0v) is 13.9. The van der Waals surface area contributed by atoms with E-state index in [4.69, 9.17) is 16.7 Å². The molecule has 3 aromatic rings. The first-order valence-electron chi connectivity index (χ1n) is 7.89. The van der Waals surface area contributed by atoms with Crippen LogP contribution in [-0.2, 0) is 26.2 Å². The smallest absolute Gasteiger partial charge is 0.0646 e. The molecule has 0 bridgehead atoms. The van der Waals surface area contributed by atoms with Crippen LogP contribution < -0.4 is 0 Å². The van der Waals surface area contributed by atoms with Crippen LogP contribution in [0.25, 0.3) is 5.69 Å². The molecule has 0 amide bonds. The zero-order chi connectivity index (χ0) is 16.5. The minimum Gasteiger partial charge on any atom is -0.394 e. The number of fused-ring (bicyclic) bond motifs is 1. The molecule has 0 unspecified atom stereocenters. The van der Waals surface area contributed by atoms with Crippen molar-refractivity contribution in [3.8, 4) is 5.69 Å². The fraction of sp³-hybridized carbons (Fsp3) is 0.294. The van der Waals surface area contributed by atoms with Crippen molar-refractivity contribution in [1.29, 1.82) is 0 Å². The van der Waals surface area contributed by atoms with Crippen molar-refractivity contribution in [3.05, 3.63) is 64.7 Å². The Kier molecular flexibility index (Phi) is 4.10. The van der Waals surface area contributed by atoms with Crippen LogP contribution in [-0.4, -0.2) is 36.2 Å². The third-order valence-electron chi connectivity index (χ3n) is 4.25. The second-order valence-electron chi connectivity index (χ2n) is 5.98. The van der Waals surface area contributed by atoms with Gasteiger partial charge in [0.1, 0.15) is 0 Å². The van der Waals surface area contributed by atoms with Crippen LogP contribution in [0.4, 0.5) is 0 Å². The van der Waals surface area contributed by atoms with Crippen LogP contribution in [0, 0.1) is 0 Å². The third kappa shape index (κ3) is 2.96. The number of hydrogen-bond donors (Lipinski definition) is 1. The molecule has 1 aliphatic rings. The standard InChI is InChI=1S/C17H18ClN5O/c18-15-1-3-16(4-2-15)23-10-13(7-19-23)9-21-11-14-8-20-22(5-6-24)17(14)12-21/h1-4,7-8,10,24H,5-6,9,11-12H2. The molecule has 0 saturated heterocycles. The van der Waals surface area contributed by atoms with E-state index in [1.807, 2.05) is 52.2 Å². The molecule has 1 N–H and O–H groups in total. The van der Waals surface area contributed by atoms with Gasteiger partial charge in [0, 0.05) is 42.0 Å². The molecule has 1 aliphatic heterocycles. The first kappa shape index (κ1) is 15.4. The van der Waals surface area contributed by atoms with E-state index in [9.17, 15) is 0 Å². The Bertz CT molecular complexity index is 839. The summed E-state index contributed by atoms with van der Waals surface area (Å²) in [5.41, 5.74) is 4.61. The van der Waals surface area contributed by atoms with Gasteiger partial charge in [0.2, 0.25) is 0 Å². The van der Waals surface area contributed by atoms with Crippen molar-refractivity contribution < 1.29 is 5.11 Å². The fourth-order valence-electron chi connectivity index (χ4n) is 3.11. The molecular formula is C17H18ClN5O. The summed E-state index contributed by atoms with van der Waals surface area (Å²) in [6.45, 7) is 3.23. The van der Waals surface area contributed by atoms with Crippen LogP contribution >= 0.6 is 11.6 Å².